The van der Waals surface area contributed by atoms with Gasteiger partial charge in [0.05, 0.1) is 0 Å². The van der Waals surface area contributed by atoms with Crippen molar-refractivity contribution in [1.29, 1.82) is 0 Å². The van der Waals surface area contributed by atoms with Gasteiger partial charge in [0.2, 0.25) is 0 Å². The summed E-state index contributed by atoms with van der Waals surface area (Å²) in [5.41, 5.74) is 7.73. The van der Waals surface area contributed by atoms with Gasteiger partial charge in [-0.2, -0.15) is 0 Å². The normalized spacial score (nSPS) is 49.4. The van der Waals surface area contributed by atoms with Crippen molar-refractivity contribution in [2.75, 3.05) is 0 Å². The third kappa shape index (κ3) is 2.04. The van der Waals surface area contributed by atoms with Crippen LogP contribution in [0.2, 0.25) is 0 Å². The molecule has 2 saturated carbocycles. The van der Waals surface area contributed by atoms with E-state index in [-0.39, 0.29) is 0 Å². The zero-order valence-corrected chi connectivity index (χ0v) is 11.8. The molecule has 2 heteroatoms. The van der Waals surface area contributed by atoms with Crippen LogP contribution < -0.4 is 10.9 Å². The Bertz CT molecular complexity index is 294. The molecule has 0 amide bonds. The summed E-state index contributed by atoms with van der Waals surface area (Å²) in [6, 6.07) is 1.44. The van der Waals surface area contributed by atoms with Crippen molar-refractivity contribution in [2.45, 2.75) is 65.5 Å². The Kier molecular flexibility index (Phi) is 2.79. The summed E-state index contributed by atoms with van der Waals surface area (Å²) < 4.78 is 0. The predicted molar refractivity (Wildman–Crippen MR) is 71.4 cm³/mol. The van der Waals surface area contributed by atoms with E-state index in [0.29, 0.717) is 11.5 Å². The second kappa shape index (κ2) is 3.96. The van der Waals surface area contributed by atoms with E-state index in [4.69, 9.17) is 0 Å². The second-order valence-corrected chi connectivity index (χ2v) is 7.96. The Hall–Kier alpha value is -0.0800. The highest BCUT2D eigenvalue weighted by atomic mass is 15.4. The Morgan fingerprint density at radius 3 is 2.47 bits per heavy atom. The molecule has 2 bridgehead atoms. The van der Waals surface area contributed by atoms with Gasteiger partial charge in [0.15, 0.2) is 0 Å². The van der Waals surface area contributed by atoms with Gasteiger partial charge in [-0.05, 0) is 54.8 Å². The van der Waals surface area contributed by atoms with Crippen LogP contribution in [-0.4, -0.2) is 12.1 Å². The first-order valence-electron chi connectivity index (χ1n) is 7.47. The molecule has 0 spiro atoms. The van der Waals surface area contributed by atoms with Crippen LogP contribution in [0.5, 0.6) is 0 Å². The lowest BCUT2D eigenvalue weighted by Crippen LogP contribution is -2.62. The molecule has 3 aliphatic rings. The smallest absolute Gasteiger partial charge is 0.0275 e. The first-order chi connectivity index (χ1) is 7.96. The van der Waals surface area contributed by atoms with Gasteiger partial charge in [0.25, 0.3) is 0 Å². The molecule has 1 heterocycles. The molecule has 2 N–H and O–H groups in total. The Balaban J connectivity index is 1.72. The van der Waals surface area contributed by atoms with Crippen molar-refractivity contribution < 1.29 is 0 Å². The topological polar surface area (TPSA) is 24.1 Å². The molecule has 2 nitrogen and oxygen atoms in total. The summed E-state index contributed by atoms with van der Waals surface area (Å²) >= 11 is 0. The number of hydrogen-bond donors (Lipinski definition) is 2. The van der Waals surface area contributed by atoms with E-state index in [1.54, 1.807) is 0 Å². The molecule has 0 aromatic carbocycles. The molecule has 3 fully saturated rings. The Morgan fingerprint density at radius 1 is 1.06 bits per heavy atom. The average Bonchev–Trinajstić information content (AvgIpc) is 2.80. The summed E-state index contributed by atoms with van der Waals surface area (Å²) in [7, 11) is 0. The molecule has 98 valence electrons. The van der Waals surface area contributed by atoms with E-state index in [1.165, 1.54) is 25.7 Å². The van der Waals surface area contributed by atoms with Crippen molar-refractivity contribution in [3.63, 3.8) is 0 Å². The highest BCUT2D eigenvalue weighted by Gasteiger charge is 2.52. The lowest BCUT2D eigenvalue weighted by Gasteiger charge is -2.46. The Morgan fingerprint density at radius 2 is 1.76 bits per heavy atom. The van der Waals surface area contributed by atoms with Gasteiger partial charge in [-0.3, -0.25) is 10.9 Å². The van der Waals surface area contributed by atoms with E-state index in [1.807, 2.05) is 0 Å². The molecule has 4 unspecified atom stereocenters. The van der Waals surface area contributed by atoms with Crippen LogP contribution in [-0.2, 0) is 0 Å². The highest BCUT2D eigenvalue weighted by molar-refractivity contribution is 5.05. The van der Waals surface area contributed by atoms with Crippen LogP contribution in [0.3, 0.4) is 0 Å². The van der Waals surface area contributed by atoms with Crippen molar-refractivity contribution in [1.82, 2.24) is 10.9 Å². The lowest BCUT2D eigenvalue weighted by atomic mass is 9.70. The molecule has 0 radical (unpaired) electrons. The van der Waals surface area contributed by atoms with E-state index >= 15 is 0 Å². The lowest BCUT2D eigenvalue weighted by molar-refractivity contribution is 0.0618. The average molecular weight is 236 g/mol. The minimum atomic E-state index is 0.429. The molecule has 17 heavy (non-hydrogen) atoms. The number of hydrogen-bond acceptors (Lipinski definition) is 2. The molecule has 0 aromatic heterocycles. The van der Waals surface area contributed by atoms with Crippen LogP contribution in [0, 0.1) is 29.1 Å². The quantitative estimate of drug-likeness (QED) is 0.731. The van der Waals surface area contributed by atoms with Crippen molar-refractivity contribution in [3.8, 4) is 0 Å². The SMILES string of the molecule is CC1C(CC(C)(C)C)NNC2C1[C@@H]1CC[C@H]2C1. The first kappa shape index (κ1) is 12.0. The summed E-state index contributed by atoms with van der Waals surface area (Å²) in [6.45, 7) is 9.56. The number of fused-ring (bicyclic) bond motifs is 5. The van der Waals surface area contributed by atoms with E-state index < -0.39 is 0 Å². The number of nitrogens with one attached hydrogen (secondary N) is 2. The first-order valence-corrected chi connectivity index (χ1v) is 7.47. The predicted octanol–water partition coefficient (Wildman–Crippen LogP) is 2.95. The molecule has 3 rings (SSSR count). The van der Waals surface area contributed by atoms with Gasteiger partial charge >= 0.3 is 0 Å². The largest absolute Gasteiger partial charge is 0.254 e. The summed E-state index contributed by atoms with van der Waals surface area (Å²) in [5.74, 6) is 3.78. The molecular weight excluding hydrogens is 208 g/mol. The fourth-order valence-electron chi connectivity index (χ4n) is 4.81. The highest BCUT2D eigenvalue weighted by Crippen LogP contribution is 2.53. The van der Waals surface area contributed by atoms with Crippen molar-refractivity contribution in [3.05, 3.63) is 0 Å². The van der Waals surface area contributed by atoms with E-state index in [0.717, 1.165) is 29.7 Å². The van der Waals surface area contributed by atoms with Gasteiger partial charge in [0, 0.05) is 12.1 Å². The maximum absolute atomic E-state index is 3.67. The molecule has 6 atom stereocenters. The fourth-order valence-corrected chi connectivity index (χ4v) is 4.81. The molecular formula is C15H28N2. The van der Waals surface area contributed by atoms with E-state index in [2.05, 4.69) is 38.5 Å². The van der Waals surface area contributed by atoms with Gasteiger partial charge in [-0.25, -0.2) is 0 Å². The van der Waals surface area contributed by atoms with E-state index in [9.17, 15) is 0 Å². The van der Waals surface area contributed by atoms with Crippen molar-refractivity contribution >= 4 is 0 Å². The molecule has 1 aliphatic heterocycles. The number of rotatable bonds is 1. The minimum absolute atomic E-state index is 0.429. The monoisotopic (exact) mass is 236 g/mol. The minimum Gasteiger partial charge on any atom is -0.254 e. The van der Waals surface area contributed by atoms with Crippen LogP contribution in [0.4, 0.5) is 0 Å². The summed E-state index contributed by atoms with van der Waals surface area (Å²) in [5, 5.41) is 0. The van der Waals surface area contributed by atoms with Crippen molar-refractivity contribution in [2.24, 2.45) is 29.1 Å². The standard InChI is InChI=1S/C15H28N2/c1-9-12(8-15(2,3)4)16-17-14-11-6-5-10(7-11)13(9)14/h9-14,16-17H,5-8H2,1-4H3/t9?,10-,11+,12?,13?,14?/m1/s1. The number of hydrazine groups is 1. The maximum atomic E-state index is 3.67. The molecule has 1 saturated heterocycles. The van der Waals surface area contributed by atoms with Crippen LogP contribution in [0.15, 0.2) is 0 Å². The summed E-state index contributed by atoms with van der Waals surface area (Å²) in [4.78, 5) is 0. The van der Waals surface area contributed by atoms with Crippen LogP contribution >= 0.6 is 0 Å². The molecule has 0 aromatic rings. The van der Waals surface area contributed by atoms with Gasteiger partial charge < -0.3 is 0 Å². The zero-order chi connectivity index (χ0) is 12.2. The second-order valence-electron chi connectivity index (χ2n) is 7.96. The fraction of sp³-hybridized carbons (Fsp3) is 1.00. The third-order valence-corrected chi connectivity index (χ3v) is 5.49. The maximum Gasteiger partial charge on any atom is 0.0275 e. The Labute approximate surface area is 106 Å². The van der Waals surface area contributed by atoms with Gasteiger partial charge in [0.1, 0.15) is 0 Å². The van der Waals surface area contributed by atoms with Crippen LogP contribution in [0.25, 0.3) is 0 Å². The van der Waals surface area contributed by atoms with Gasteiger partial charge in [-0.15, -0.1) is 0 Å². The summed E-state index contributed by atoms with van der Waals surface area (Å²) in [6.07, 6.45) is 5.75. The van der Waals surface area contributed by atoms with Gasteiger partial charge in [-0.1, -0.05) is 27.7 Å². The van der Waals surface area contributed by atoms with Crippen LogP contribution in [0.1, 0.15) is 53.4 Å². The third-order valence-electron chi connectivity index (χ3n) is 5.49. The molecule has 2 aliphatic carbocycles. The zero-order valence-electron chi connectivity index (χ0n) is 11.8.